The summed E-state index contributed by atoms with van der Waals surface area (Å²) in [5, 5.41) is 5.89. The average molecular weight is 328 g/mol. The highest BCUT2D eigenvalue weighted by Crippen LogP contribution is 2.61. The Labute approximate surface area is 122 Å². The second-order valence-corrected chi connectivity index (χ2v) is 8.06. The first-order valence-corrected chi connectivity index (χ1v) is 8.82. The predicted molar refractivity (Wildman–Crippen MR) is 82.1 cm³/mol. The maximum Gasteiger partial charge on any atom is 0.0314 e. The number of nitrogens with one attached hydrogen (secondary N) is 1. The molecule has 3 rings (SSSR count). The van der Waals surface area contributed by atoms with E-state index in [4.69, 9.17) is 0 Å². The van der Waals surface area contributed by atoms with Gasteiger partial charge in [0, 0.05) is 15.9 Å². The van der Waals surface area contributed by atoms with Gasteiger partial charge in [-0.05, 0) is 83.3 Å². The molecular weight excluding hydrogens is 306 g/mol. The Bertz CT molecular complexity index is 404. The minimum atomic E-state index is 0.552. The van der Waals surface area contributed by atoms with Crippen molar-refractivity contribution in [1.82, 2.24) is 5.32 Å². The van der Waals surface area contributed by atoms with Gasteiger partial charge in [0.25, 0.3) is 0 Å². The number of thiophene rings is 1. The second-order valence-electron chi connectivity index (χ2n) is 6.21. The van der Waals surface area contributed by atoms with Gasteiger partial charge in [-0.1, -0.05) is 6.92 Å². The van der Waals surface area contributed by atoms with Crippen LogP contribution in [-0.4, -0.2) is 13.1 Å². The number of hydrogen-bond donors (Lipinski definition) is 1. The lowest BCUT2D eigenvalue weighted by molar-refractivity contribution is 0.250. The van der Waals surface area contributed by atoms with Crippen LogP contribution < -0.4 is 5.32 Å². The lowest BCUT2D eigenvalue weighted by Crippen LogP contribution is -2.35. The topological polar surface area (TPSA) is 12.0 Å². The third-order valence-electron chi connectivity index (χ3n) is 4.61. The van der Waals surface area contributed by atoms with E-state index in [9.17, 15) is 0 Å². The first-order chi connectivity index (χ1) is 8.72. The summed E-state index contributed by atoms with van der Waals surface area (Å²) in [4.78, 5) is 1.55. The van der Waals surface area contributed by atoms with Crippen molar-refractivity contribution in [2.75, 3.05) is 13.1 Å². The maximum absolute atomic E-state index is 3.70. The van der Waals surface area contributed by atoms with E-state index in [1.807, 2.05) is 11.3 Å². The Kier molecular flexibility index (Phi) is 3.84. The second kappa shape index (κ2) is 5.26. The first-order valence-electron chi connectivity index (χ1n) is 7.15. The average Bonchev–Trinajstić information content (AvgIpc) is 2.77. The molecule has 0 amide bonds. The van der Waals surface area contributed by atoms with Crippen LogP contribution in [0.3, 0.4) is 0 Å². The van der Waals surface area contributed by atoms with E-state index in [-0.39, 0.29) is 0 Å². The zero-order valence-corrected chi connectivity index (χ0v) is 13.4. The number of rotatable bonds is 6. The monoisotopic (exact) mass is 327 g/mol. The fourth-order valence-corrected chi connectivity index (χ4v) is 5.35. The lowest BCUT2D eigenvalue weighted by atomic mass is 9.79. The predicted octanol–water partition coefficient (Wildman–Crippen LogP) is 4.47. The largest absolute Gasteiger partial charge is 0.316 e. The van der Waals surface area contributed by atoms with Crippen molar-refractivity contribution < 1.29 is 0 Å². The van der Waals surface area contributed by atoms with Crippen LogP contribution in [0.1, 0.15) is 37.5 Å². The molecule has 3 heteroatoms. The van der Waals surface area contributed by atoms with Gasteiger partial charge in [0.05, 0.1) is 0 Å². The zero-order chi connectivity index (χ0) is 12.6. The van der Waals surface area contributed by atoms with Crippen molar-refractivity contribution in [3.63, 3.8) is 0 Å². The van der Waals surface area contributed by atoms with Crippen molar-refractivity contribution >= 4 is 27.3 Å². The Morgan fingerprint density at radius 3 is 2.83 bits per heavy atom. The van der Waals surface area contributed by atoms with Crippen LogP contribution in [0.5, 0.6) is 0 Å². The number of fused-ring (bicyclic) bond motifs is 1. The fraction of sp³-hybridized carbons (Fsp3) is 0.733. The molecule has 0 saturated heterocycles. The zero-order valence-electron chi connectivity index (χ0n) is 11.0. The highest BCUT2D eigenvalue weighted by Gasteiger charge is 2.53. The summed E-state index contributed by atoms with van der Waals surface area (Å²) >= 11 is 5.61. The van der Waals surface area contributed by atoms with Crippen LogP contribution >= 0.6 is 27.3 Å². The molecular formula is C15H22BrNS. The minimum absolute atomic E-state index is 0.552. The van der Waals surface area contributed by atoms with Crippen molar-refractivity contribution in [3.8, 4) is 0 Å². The van der Waals surface area contributed by atoms with Crippen LogP contribution in [-0.2, 0) is 6.42 Å². The van der Waals surface area contributed by atoms with E-state index in [2.05, 4.69) is 39.6 Å². The molecule has 1 heterocycles. The summed E-state index contributed by atoms with van der Waals surface area (Å²) in [6, 6.07) is 2.20. The van der Waals surface area contributed by atoms with Gasteiger partial charge >= 0.3 is 0 Å². The third-order valence-corrected chi connectivity index (χ3v) is 6.54. The van der Waals surface area contributed by atoms with Crippen LogP contribution in [0.15, 0.2) is 15.9 Å². The standard InChI is InChI=1S/C15H22BrNS/c1-2-4-17-10-15(7-11-6-12(11)8-15)9-14-13(16)3-5-18-14/h3,5,11-12,17H,2,4,6-10H2,1H3. The molecule has 2 unspecified atom stereocenters. The van der Waals surface area contributed by atoms with Gasteiger partial charge in [0.2, 0.25) is 0 Å². The number of halogens is 1. The molecule has 1 aromatic rings. The van der Waals surface area contributed by atoms with Crippen molar-refractivity contribution in [2.24, 2.45) is 17.3 Å². The Morgan fingerprint density at radius 2 is 2.22 bits per heavy atom. The van der Waals surface area contributed by atoms with E-state index < -0.39 is 0 Å². The molecule has 2 atom stereocenters. The van der Waals surface area contributed by atoms with Gasteiger partial charge in [-0.15, -0.1) is 11.3 Å². The fourth-order valence-electron chi connectivity index (χ4n) is 3.68. The Hall–Kier alpha value is 0.140. The van der Waals surface area contributed by atoms with Gasteiger partial charge in [-0.3, -0.25) is 0 Å². The van der Waals surface area contributed by atoms with Gasteiger partial charge < -0.3 is 5.32 Å². The van der Waals surface area contributed by atoms with E-state index >= 15 is 0 Å². The summed E-state index contributed by atoms with van der Waals surface area (Å²) in [6.07, 6.45) is 6.94. The third kappa shape index (κ3) is 2.68. The Morgan fingerprint density at radius 1 is 1.44 bits per heavy atom. The van der Waals surface area contributed by atoms with Gasteiger partial charge in [-0.2, -0.15) is 0 Å². The first kappa shape index (κ1) is 13.1. The molecule has 100 valence electrons. The summed E-state index contributed by atoms with van der Waals surface area (Å²) in [5.41, 5.74) is 0.552. The quantitative estimate of drug-likeness (QED) is 0.760. The van der Waals surface area contributed by atoms with E-state index in [1.165, 1.54) is 49.7 Å². The molecule has 1 nitrogen and oxygen atoms in total. The smallest absolute Gasteiger partial charge is 0.0314 e. The molecule has 1 aromatic heterocycles. The normalized spacial score (nSPS) is 33.7. The molecule has 0 aliphatic heterocycles. The van der Waals surface area contributed by atoms with E-state index in [0.29, 0.717) is 5.41 Å². The lowest BCUT2D eigenvalue weighted by Gasteiger charge is -2.31. The molecule has 0 spiro atoms. The summed E-state index contributed by atoms with van der Waals surface area (Å²) in [5.74, 6) is 2.12. The Balaban J connectivity index is 1.68. The van der Waals surface area contributed by atoms with Gasteiger partial charge in [-0.25, -0.2) is 0 Å². The van der Waals surface area contributed by atoms with Crippen LogP contribution in [0, 0.1) is 17.3 Å². The molecule has 0 radical (unpaired) electrons. The molecule has 2 aliphatic rings. The summed E-state index contributed by atoms with van der Waals surface area (Å²) in [7, 11) is 0. The van der Waals surface area contributed by atoms with Gasteiger partial charge in [0.15, 0.2) is 0 Å². The summed E-state index contributed by atoms with van der Waals surface area (Å²) in [6.45, 7) is 4.64. The maximum atomic E-state index is 3.70. The highest BCUT2D eigenvalue weighted by atomic mass is 79.9. The number of hydrogen-bond acceptors (Lipinski definition) is 2. The molecule has 18 heavy (non-hydrogen) atoms. The molecule has 0 aromatic carbocycles. The summed E-state index contributed by atoms with van der Waals surface area (Å²) < 4.78 is 1.32. The highest BCUT2D eigenvalue weighted by molar-refractivity contribution is 9.10. The molecule has 2 aliphatic carbocycles. The minimum Gasteiger partial charge on any atom is -0.316 e. The van der Waals surface area contributed by atoms with Crippen LogP contribution in [0.2, 0.25) is 0 Å². The van der Waals surface area contributed by atoms with E-state index in [1.54, 1.807) is 4.88 Å². The van der Waals surface area contributed by atoms with Crippen LogP contribution in [0.4, 0.5) is 0 Å². The van der Waals surface area contributed by atoms with Crippen LogP contribution in [0.25, 0.3) is 0 Å². The van der Waals surface area contributed by atoms with Crippen molar-refractivity contribution in [2.45, 2.75) is 39.0 Å². The van der Waals surface area contributed by atoms with Gasteiger partial charge in [0.1, 0.15) is 0 Å². The SMILES string of the molecule is CCCNCC1(Cc2sccc2Br)CC2CC2C1. The molecule has 2 fully saturated rings. The van der Waals surface area contributed by atoms with Crippen molar-refractivity contribution in [1.29, 1.82) is 0 Å². The molecule has 2 saturated carbocycles. The molecule has 0 bridgehead atoms. The van der Waals surface area contributed by atoms with Crippen molar-refractivity contribution in [3.05, 3.63) is 20.8 Å². The molecule has 1 N–H and O–H groups in total. The van der Waals surface area contributed by atoms with E-state index in [0.717, 1.165) is 11.8 Å².